The molecule has 0 saturated carbocycles. The Morgan fingerprint density at radius 3 is 2.79 bits per heavy atom. The minimum Gasteiger partial charge on any atom is -0.332 e. The van der Waals surface area contributed by atoms with Gasteiger partial charge in [-0.2, -0.15) is 0 Å². The van der Waals surface area contributed by atoms with Gasteiger partial charge in [-0.1, -0.05) is 37.4 Å². The molecule has 1 amide bonds. The molecule has 19 heavy (non-hydrogen) atoms. The van der Waals surface area contributed by atoms with Crippen LogP contribution in [0.3, 0.4) is 0 Å². The molecule has 1 aromatic carbocycles. The highest BCUT2D eigenvalue weighted by Crippen LogP contribution is 2.22. The van der Waals surface area contributed by atoms with E-state index in [1.807, 2.05) is 25.1 Å². The van der Waals surface area contributed by atoms with Crippen molar-refractivity contribution in [2.24, 2.45) is 0 Å². The summed E-state index contributed by atoms with van der Waals surface area (Å²) in [5.41, 5.74) is 1.72. The van der Waals surface area contributed by atoms with Crippen molar-refractivity contribution in [2.75, 3.05) is 5.32 Å². The molecule has 0 bridgehead atoms. The molecule has 104 valence electrons. The maximum atomic E-state index is 11.6. The Labute approximate surface area is 124 Å². The lowest BCUT2D eigenvalue weighted by Gasteiger charge is -2.12. The Morgan fingerprint density at radius 2 is 2.11 bits per heavy atom. The summed E-state index contributed by atoms with van der Waals surface area (Å²) in [4.78, 5) is 11.6. The largest absolute Gasteiger partial charge is 0.332 e. The Morgan fingerprint density at radius 1 is 1.37 bits per heavy atom. The number of carbonyl (C=O) groups is 1. The van der Waals surface area contributed by atoms with Gasteiger partial charge in [0.1, 0.15) is 0 Å². The van der Waals surface area contributed by atoms with E-state index in [0.29, 0.717) is 16.6 Å². The van der Waals surface area contributed by atoms with Crippen LogP contribution in [0.15, 0.2) is 18.2 Å². The molecule has 0 fully saturated rings. The molecule has 1 aromatic rings. The normalized spacial score (nSPS) is 10.1. The van der Waals surface area contributed by atoms with Gasteiger partial charge in [-0.05, 0) is 43.3 Å². The van der Waals surface area contributed by atoms with E-state index < -0.39 is 0 Å². The lowest BCUT2D eigenvalue weighted by atomic mass is 10.2. The molecule has 0 radical (unpaired) electrons. The fourth-order valence-electron chi connectivity index (χ4n) is 1.62. The fraction of sp³-hybridized carbons (Fsp3) is 0.429. The smallest absolute Gasteiger partial charge is 0.226 e. The van der Waals surface area contributed by atoms with Gasteiger partial charge >= 0.3 is 0 Å². The van der Waals surface area contributed by atoms with Crippen LogP contribution in [-0.2, 0) is 4.79 Å². The number of hydrogen-bond donors (Lipinski definition) is 2. The van der Waals surface area contributed by atoms with Crippen molar-refractivity contribution in [1.29, 1.82) is 0 Å². The van der Waals surface area contributed by atoms with E-state index in [2.05, 4.69) is 17.6 Å². The summed E-state index contributed by atoms with van der Waals surface area (Å²) in [5.74, 6) is -0.0503. The zero-order valence-electron chi connectivity index (χ0n) is 11.3. The number of halogens is 1. The maximum Gasteiger partial charge on any atom is 0.226 e. The number of benzene rings is 1. The van der Waals surface area contributed by atoms with Crippen molar-refractivity contribution >= 4 is 40.5 Å². The van der Waals surface area contributed by atoms with Gasteiger partial charge in [-0.15, -0.1) is 0 Å². The molecule has 0 spiro atoms. The molecule has 0 unspecified atom stereocenters. The molecule has 0 aliphatic heterocycles. The van der Waals surface area contributed by atoms with Gasteiger partial charge < -0.3 is 10.6 Å². The average molecular weight is 299 g/mol. The lowest BCUT2D eigenvalue weighted by Crippen LogP contribution is -2.34. The second-order valence-corrected chi connectivity index (χ2v) is 5.19. The number of unbranched alkanes of at least 4 members (excludes halogenated alkanes) is 2. The van der Waals surface area contributed by atoms with Gasteiger partial charge in [0.2, 0.25) is 5.91 Å². The van der Waals surface area contributed by atoms with Crippen LogP contribution < -0.4 is 10.6 Å². The summed E-state index contributed by atoms with van der Waals surface area (Å²) in [5, 5.41) is 6.64. The van der Waals surface area contributed by atoms with E-state index in [9.17, 15) is 4.79 Å². The standard InChI is InChI=1S/C14H19ClN2OS/c1-3-4-5-9-13(18)17-14(19)16-12-8-6-7-11(15)10(12)2/h6-8H,3-5,9H2,1-2H3,(H2,16,17,18,19). The van der Waals surface area contributed by atoms with Crippen molar-refractivity contribution in [2.45, 2.75) is 39.5 Å². The third kappa shape index (κ3) is 5.57. The van der Waals surface area contributed by atoms with E-state index >= 15 is 0 Å². The molecule has 0 heterocycles. The molecular weight excluding hydrogens is 280 g/mol. The molecule has 0 aliphatic carbocycles. The van der Waals surface area contributed by atoms with Gasteiger partial charge in [0.05, 0.1) is 0 Å². The number of nitrogens with one attached hydrogen (secondary N) is 2. The van der Waals surface area contributed by atoms with Crippen molar-refractivity contribution in [1.82, 2.24) is 5.32 Å². The highest BCUT2D eigenvalue weighted by Gasteiger charge is 2.07. The Balaban J connectivity index is 2.47. The molecule has 2 N–H and O–H groups in total. The third-order valence-corrected chi connectivity index (χ3v) is 3.39. The molecule has 0 saturated heterocycles. The number of amides is 1. The first-order valence-corrected chi connectivity index (χ1v) is 7.19. The predicted molar refractivity (Wildman–Crippen MR) is 84.7 cm³/mol. The molecule has 3 nitrogen and oxygen atoms in total. The van der Waals surface area contributed by atoms with Crippen LogP contribution in [0.1, 0.15) is 38.2 Å². The summed E-state index contributed by atoms with van der Waals surface area (Å²) < 4.78 is 0. The third-order valence-electron chi connectivity index (χ3n) is 2.78. The molecule has 0 aliphatic rings. The number of thiocarbonyl (C=S) groups is 1. The Bertz CT molecular complexity index is 463. The summed E-state index contributed by atoms with van der Waals surface area (Å²) >= 11 is 11.1. The lowest BCUT2D eigenvalue weighted by molar-refractivity contribution is -0.119. The fourth-order valence-corrected chi connectivity index (χ4v) is 2.02. The van der Waals surface area contributed by atoms with Crippen LogP contribution in [0.4, 0.5) is 5.69 Å². The predicted octanol–water partition coefficient (Wildman–Crippen LogP) is 4.04. The summed E-state index contributed by atoms with van der Waals surface area (Å²) in [6.07, 6.45) is 3.55. The highest BCUT2D eigenvalue weighted by atomic mass is 35.5. The van der Waals surface area contributed by atoms with Gasteiger partial charge in [-0.25, -0.2) is 0 Å². The summed E-state index contributed by atoms with van der Waals surface area (Å²) in [6.45, 7) is 4.00. The van der Waals surface area contributed by atoms with E-state index in [1.54, 1.807) is 0 Å². The van der Waals surface area contributed by atoms with E-state index in [4.69, 9.17) is 23.8 Å². The van der Waals surface area contributed by atoms with Crippen LogP contribution in [0, 0.1) is 6.92 Å². The van der Waals surface area contributed by atoms with Crippen LogP contribution in [0.2, 0.25) is 5.02 Å². The zero-order chi connectivity index (χ0) is 14.3. The maximum absolute atomic E-state index is 11.6. The number of carbonyl (C=O) groups excluding carboxylic acids is 1. The van der Waals surface area contributed by atoms with E-state index in [0.717, 1.165) is 30.5 Å². The zero-order valence-corrected chi connectivity index (χ0v) is 12.8. The van der Waals surface area contributed by atoms with Crippen molar-refractivity contribution in [3.05, 3.63) is 28.8 Å². The first kappa shape index (κ1) is 15.9. The Hall–Kier alpha value is -1.13. The first-order valence-electron chi connectivity index (χ1n) is 6.40. The topological polar surface area (TPSA) is 41.1 Å². The average Bonchev–Trinajstić information content (AvgIpc) is 2.35. The minimum absolute atomic E-state index is 0.0503. The second-order valence-electron chi connectivity index (χ2n) is 4.37. The van der Waals surface area contributed by atoms with Crippen molar-refractivity contribution < 1.29 is 4.79 Å². The SMILES string of the molecule is CCCCCC(=O)NC(=S)Nc1cccc(Cl)c1C. The van der Waals surface area contributed by atoms with Crippen molar-refractivity contribution in [3.8, 4) is 0 Å². The van der Waals surface area contributed by atoms with E-state index in [-0.39, 0.29) is 5.91 Å². The van der Waals surface area contributed by atoms with E-state index in [1.165, 1.54) is 0 Å². The molecule has 5 heteroatoms. The number of rotatable bonds is 5. The monoisotopic (exact) mass is 298 g/mol. The van der Waals surface area contributed by atoms with Gasteiger partial charge in [0, 0.05) is 17.1 Å². The molecule has 0 aromatic heterocycles. The van der Waals surface area contributed by atoms with Gasteiger partial charge in [0.15, 0.2) is 5.11 Å². The quantitative estimate of drug-likeness (QED) is 0.637. The highest BCUT2D eigenvalue weighted by molar-refractivity contribution is 7.80. The van der Waals surface area contributed by atoms with Crippen LogP contribution >= 0.6 is 23.8 Å². The summed E-state index contributed by atoms with van der Waals surface area (Å²) in [6, 6.07) is 5.52. The van der Waals surface area contributed by atoms with Crippen LogP contribution in [-0.4, -0.2) is 11.0 Å². The summed E-state index contributed by atoms with van der Waals surface area (Å²) in [7, 11) is 0. The van der Waals surface area contributed by atoms with Crippen LogP contribution in [0.5, 0.6) is 0 Å². The Kier molecular flexibility index (Phi) is 6.81. The van der Waals surface area contributed by atoms with Gasteiger partial charge in [-0.3, -0.25) is 4.79 Å². The molecule has 0 atom stereocenters. The minimum atomic E-state index is -0.0503. The van der Waals surface area contributed by atoms with Crippen molar-refractivity contribution in [3.63, 3.8) is 0 Å². The second kappa shape index (κ2) is 8.12. The number of hydrogen-bond acceptors (Lipinski definition) is 2. The molecule has 1 rings (SSSR count). The van der Waals surface area contributed by atoms with Crippen LogP contribution in [0.25, 0.3) is 0 Å². The van der Waals surface area contributed by atoms with Gasteiger partial charge in [0.25, 0.3) is 0 Å². The first-order chi connectivity index (χ1) is 9.04. The number of anilines is 1. The molecular formula is C14H19ClN2OS.